The summed E-state index contributed by atoms with van der Waals surface area (Å²) < 4.78 is 0. The molecular weight excluding hydrogens is 202 g/mol. The van der Waals surface area contributed by atoms with Crippen molar-refractivity contribution in [3.05, 3.63) is 0 Å². The molecule has 1 amide bonds. The molecule has 4 nitrogen and oxygen atoms in total. The third-order valence-electron chi connectivity index (χ3n) is 3.56. The Morgan fingerprint density at radius 3 is 2.25 bits per heavy atom. The van der Waals surface area contributed by atoms with Gasteiger partial charge in [-0.2, -0.15) is 0 Å². The van der Waals surface area contributed by atoms with Crippen LogP contribution in [-0.4, -0.2) is 54.0 Å². The van der Waals surface area contributed by atoms with Gasteiger partial charge >= 0.3 is 0 Å². The molecule has 16 heavy (non-hydrogen) atoms. The number of likely N-dealkylation sites (tertiary alicyclic amines) is 1. The Kier molecular flexibility index (Phi) is 4.33. The molecule has 1 heterocycles. The number of rotatable bonds is 3. The number of carbonyl (C=O) groups excluding carboxylic acids is 1. The van der Waals surface area contributed by atoms with Crippen LogP contribution in [-0.2, 0) is 4.79 Å². The van der Waals surface area contributed by atoms with E-state index in [2.05, 4.69) is 18.7 Å². The maximum Gasteiger partial charge on any atom is 0.228 e. The van der Waals surface area contributed by atoms with Crippen LogP contribution in [0.1, 0.15) is 27.7 Å². The summed E-state index contributed by atoms with van der Waals surface area (Å²) in [5.74, 6) is 0.153. The molecule has 0 radical (unpaired) electrons. The van der Waals surface area contributed by atoms with E-state index in [0.29, 0.717) is 6.04 Å². The molecular formula is C12H25N3O. The minimum absolute atomic E-state index is 0.0175. The van der Waals surface area contributed by atoms with E-state index in [0.717, 1.165) is 13.1 Å². The second-order valence-corrected chi connectivity index (χ2v) is 5.36. The van der Waals surface area contributed by atoms with Crippen LogP contribution < -0.4 is 5.73 Å². The van der Waals surface area contributed by atoms with Crippen molar-refractivity contribution < 1.29 is 4.79 Å². The van der Waals surface area contributed by atoms with Crippen molar-refractivity contribution >= 4 is 5.91 Å². The highest BCUT2D eigenvalue weighted by Crippen LogP contribution is 2.20. The SMILES string of the molecule is CC(C)N1CC(N)C(C(=O)N(C)C(C)C)C1. The molecule has 2 unspecified atom stereocenters. The summed E-state index contributed by atoms with van der Waals surface area (Å²) in [5, 5.41) is 0. The van der Waals surface area contributed by atoms with E-state index in [1.807, 2.05) is 20.9 Å². The van der Waals surface area contributed by atoms with Crippen LogP contribution in [0.25, 0.3) is 0 Å². The predicted molar refractivity (Wildman–Crippen MR) is 66.1 cm³/mol. The lowest BCUT2D eigenvalue weighted by molar-refractivity contribution is -0.135. The summed E-state index contributed by atoms with van der Waals surface area (Å²) >= 11 is 0. The molecule has 0 spiro atoms. The number of hydrogen-bond acceptors (Lipinski definition) is 3. The highest BCUT2D eigenvalue weighted by Gasteiger charge is 2.37. The van der Waals surface area contributed by atoms with Crippen LogP contribution in [0.3, 0.4) is 0 Å². The first-order valence-corrected chi connectivity index (χ1v) is 6.11. The topological polar surface area (TPSA) is 49.6 Å². The van der Waals surface area contributed by atoms with Gasteiger partial charge in [-0.1, -0.05) is 0 Å². The zero-order chi connectivity index (χ0) is 12.5. The number of hydrogen-bond donors (Lipinski definition) is 1. The fourth-order valence-corrected chi connectivity index (χ4v) is 2.06. The molecule has 0 aromatic rings. The number of nitrogens with two attached hydrogens (primary N) is 1. The average Bonchev–Trinajstić information content (AvgIpc) is 2.58. The van der Waals surface area contributed by atoms with Crippen LogP contribution in [0.15, 0.2) is 0 Å². The second kappa shape index (κ2) is 5.15. The Hall–Kier alpha value is -0.610. The lowest BCUT2D eigenvalue weighted by Gasteiger charge is -2.26. The molecule has 2 atom stereocenters. The van der Waals surface area contributed by atoms with Crippen LogP contribution in [0, 0.1) is 5.92 Å². The fourth-order valence-electron chi connectivity index (χ4n) is 2.06. The quantitative estimate of drug-likeness (QED) is 0.765. The zero-order valence-corrected chi connectivity index (χ0v) is 11.1. The third-order valence-corrected chi connectivity index (χ3v) is 3.56. The first-order valence-electron chi connectivity index (χ1n) is 6.11. The molecule has 0 bridgehead atoms. The van der Waals surface area contributed by atoms with Gasteiger partial charge in [-0.25, -0.2) is 0 Å². The highest BCUT2D eigenvalue weighted by molar-refractivity contribution is 5.80. The summed E-state index contributed by atoms with van der Waals surface area (Å²) in [5.41, 5.74) is 6.06. The van der Waals surface area contributed by atoms with Crippen molar-refractivity contribution in [3.8, 4) is 0 Å². The zero-order valence-electron chi connectivity index (χ0n) is 11.1. The molecule has 94 valence electrons. The molecule has 1 rings (SSSR count). The van der Waals surface area contributed by atoms with Gasteiger partial charge in [0.1, 0.15) is 0 Å². The number of amides is 1. The Balaban J connectivity index is 2.64. The van der Waals surface area contributed by atoms with Crippen LogP contribution >= 0.6 is 0 Å². The summed E-state index contributed by atoms with van der Waals surface area (Å²) in [6, 6.07) is 0.692. The van der Waals surface area contributed by atoms with Crippen molar-refractivity contribution in [2.75, 3.05) is 20.1 Å². The van der Waals surface area contributed by atoms with Crippen LogP contribution in [0.2, 0.25) is 0 Å². The van der Waals surface area contributed by atoms with Crippen molar-refractivity contribution in [2.24, 2.45) is 11.7 Å². The van der Waals surface area contributed by atoms with Gasteiger partial charge in [0.25, 0.3) is 0 Å². The van der Waals surface area contributed by atoms with E-state index < -0.39 is 0 Å². The molecule has 1 aliphatic rings. The summed E-state index contributed by atoms with van der Waals surface area (Å²) in [7, 11) is 1.86. The monoisotopic (exact) mass is 227 g/mol. The Bertz CT molecular complexity index is 253. The van der Waals surface area contributed by atoms with Gasteiger partial charge < -0.3 is 10.6 Å². The molecule has 0 saturated carbocycles. The molecule has 1 aliphatic heterocycles. The fraction of sp³-hybridized carbons (Fsp3) is 0.917. The number of nitrogens with zero attached hydrogens (tertiary/aromatic N) is 2. The van der Waals surface area contributed by atoms with Gasteiger partial charge in [0, 0.05) is 38.3 Å². The summed E-state index contributed by atoms with van der Waals surface area (Å²) in [4.78, 5) is 16.3. The van der Waals surface area contributed by atoms with Gasteiger partial charge in [-0.05, 0) is 27.7 Å². The minimum Gasteiger partial charge on any atom is -0.343 e. The minimum atomic E-state index is -0.0326. The smallest absolute Gasteiger partial charge is 0.228 e. The van der Waals surface area contributed by atoms with Crippen LogP contribution in [0.5, 0.6) is 0 Å². The van der Waals surface area contributed by atoms with E-state index >= 15 is 0 Å². The van der Waals surface area contributed by atoms with E-state index in [9.17, 15) is 4.79 Å². The van der Waals surface area contributed by atoms with E-state index in [4.69, 9.17) is 5.73 Å². The second-order valence-electron chi connectivity index (χ2n) is 5.36. The van der Waals surface area contributed by atoms with E-state index in [-0.39, 0.29) is 23.9 Å². The predicted octanol–water partition coefficient (Wildman–Crippen LogP) is 0.521. The van der Waals surface area contributed by atoms with Crippen molar-refractivity contribution in [1.29, 1.82) is 0 Å². The maximum atomic E-state index is 12.2. The van der Waals surface area contributed by atoms with E-state index in [1.54, 1.807) is 4.90 Å². The molecule has 0 aliphatic carbocycles. The standard InChI is InChI=1S/C12H25N3O/c1-8(2)14(5)12(16)10-6-15(9(3)4)7-11(10)13/h8-11H,6-7,13H2,1-5H3. The van der Waals surface area contributed by atoms with Gasteiger partial charge in [0.05, 0.1) is 5.92 Å². The van der Waals surface area contributed by atoms with Crippen LogP contribution in [0.4, 0.5) is 0 Å². The first kappa shape index (κ1) is 13.5. The molecule has 0 aromatic carbocycles. The summed E-state index contributed by atoms with van der Waals surface area (Å²) in [6.45, 7) is 9.98. The molecule has 4 heteroatoms. The molecule has 0 aromatic heterocycles. The van der Waals surface area contributed by atoms with Gasteiger partial charge in [-0.15, -0.1) is 0 Å². The summed E-state index contributed by atoms with van der Waals surface area (Å²) in [6.07, 6.45) is 0. The molecule has 1 saturated heterocycles. The Morgan fingerprint density at radius 1 is 1.31 bits per heavy atom. The Labute approximate surface area is 98.8 Å². The molecule has 1 fully saturated rings. The Morgan fingerprint density at radius 2 is 1.88 bits per heavy atom. The van der Waals surface area contributed by atoms with Crippen molar-refractivity contribution in [1.82, 2.24) is 9.80 Å². The normalized spacial score (nSPS) is 26.8. The lowest BCUT2D eigenvalue weighted by atomic mass is 10.0. The highest BCUT2D eigenvalue weighted by atomic mass is 16.2. The lowest BCUT2D eigenvalue weighted by Crippen LogP contribution is -2.44. The van der Waals surface area contributed by atoms with Gasteiger partial charge in [0.2, 0.25) is 5.91 Å². The average molecular weight is 227 g/mol. The number of carbonyl (C=O) groups is 1. The van der Waals surface area contributed by atoms with Crippen molar-refractivity contribution in [2.45, 2.75) is 45.8 Å². The maximum absolute atomic E-state index is 12.2. The van der Waals surface area contributed by atoms with E-state index in [1.165, 1.54) is 0 Å². The largest absolute Gasteiger partial charge is 0.343 e. The van der Waals surface area contributed by atoms with Crippen molar-refractivity contribution in [3.63, 3.8) is 0 Å². The first-order chi connectivity index (χ1) is 7.34. The van der Waals surface area contributed by atoms with Gasteiger partial charge in [0.15, 0.2) is 0 Å². The van der Waals surface area contributed by atoms with Gasteiger partial charge in [-0.3, -0.25) is 9.69 Å². The third kappa shape index (κ3) is 2.74. The molecule has 2 N–H and O–H groups in total.